The van der Waals surface area contributed by atoms with Crippen LogP contribution in [0.2, 0.25) is 0 Å². The molecule has 200 valence electrons. The number of hydrogen-bond donors (Lipinski definition) is 4. The van der Waals surface area contributed by atoms with Crippen LogP contribution in [0.25, 0.3) is 11.0 Å². The summed E-state index contributed by atoms with van der Waals surface area (Å²) in [4.78, 5) is 36.7. The number of aromatic nitrogens is 3. The zero-order valence-electron chi connectivity index (χ0n) is 21.3. The third kappa shape index (κ3) is 4.12. The number of carbonyl (C=O) groups is 1. The van der Waals surface area contributed by atoms with Gasteiger partial charge in [0.15, 0.2) is 5.69 Å². The van der Waals surface area contributed by atoms with Crippen LogP contribution in [0.3, 0.4) is 0 Å². The molecule has 39 heavy (non-hydrogen) atoms. The number of benzene rings is 2. The van der Waals surface area contributed by atoms with Crippen molar-refractivity contribution in [2.45, 2.75) is 37.8 Å². The molecule has 5 unspecified atom stereocenters. The van der Waals surface area contributed by atoms with Crippen molar-refractivity contribution in [1.29, 1.82) is 0 Å². The van der Waals surface area contributed by atoms with E-state index in [2.05, 4.69) is 20.2 Å². The van der Waals surface area contributed by atoms with Gasteiger partial charge in [-0.15, -0.1) is 0 Å². The van der Waals surface area contributed by atoms with E-state index in [4.69, 9.17) is 0 Å². The second-order valence-corrected chi connectivity index (χ2v) is 10.9. The second-order valence-electron chi connectivity index (χ2n) is 10.9. The van der Waals surface area contributed by atoms with Crippen LogP contribution in [-0.2, 0) is 24.2 Å². The number of anilines is 1. The van der Waals surface area contributed by atoms with E-state index >= 15 is 0 Å². The Kier molecular flexibility index (Phi) is 5.76. The Morgan fingerprint density at radius 3 is 2.87 bits per heavy atom. The highest BCUT2D eigenvalue weighted by Crippen LogP contribution is 2.47. The molecule has 2 aromatic carbocycles. The molecular formula is C29H30N6O4. The molecular weight excluding hydrogens is 496 g/mol. The highest BCUT2D eigenvalue weighted by atomic mass is 16.8. The van der Waals surface area contributed by atoms with Gasteiger partial charge in [0.25, 0.3) is 5.56 Å². The van der Waals surface area contributed by atoms with Gasteiger partial charge in [-0.3, -0.25) is 9.59 Å². The Morgan fingerprint density at radius 2 is 2.03 bits per heavy atom. The van der Waals surface area contributed by atoms with Gasteiger partial charge in [0, 0.05) is 67.6 Å². The molecule has 0 spiro atoms. The van der Waals surface area contributed by atoms with Gasteiger partial charge in [0.2, 0.25) is 5.91 Å². The minimum atomic E-state index is -0.976. The predicted molar refractivity (Wildman–Crippen MR) is 145 cm³/mol. The van der Waals surface area contributed by atoms with Crippen LogP contribution in [0.1, 0.15) is 29.4 Å². The molecule has 1 fully saturated rings. The molecule has 5 heterocycles. The van der Waals surface area contributed by atoms with Crippen LogP contribution in [-0.4, -0.2) is 44.8 Å². The fourth-order valence-corrected chi connectivity index (χ4v) is 7.04. The number of pyridine rings is 1. The van der Waals surface area contributed by atoms with Crippen LogP contribution in [0.5, 0.6) is 0 Å². The molecule has 5 atom stereocenters. The smallest absolute Gasteiger partial charge is 0.250 e. The highest BCUT2D eigenvalue weighted by molar-refractivity contribution is 5.82. The maximum atomic E-state index is 13.8. The Labute approximate surface area is 224 Å². The van der Waals surface area contributed by atoms with Gasteiger partial charge in [0.05, 0.1) is 17.0 Å². The maximum absolute atomic E-state index is 13.8. The van der Waals surface area contributed by atoms with Crippen LogP contribution in [0, 0.1) is 17.0 Å². The molecule has 0 aliphatic carbocycles. The first-order chi connectivity index (χ1) is 19.0. The van der Waals surface area contributed by atoms with E-state index in [9.17, 15) is 20.0 Å². The topological polar surface area (TPSA) is 131 Å². The van der Waals surface area contributed by atoms with Crippen molar-refractivity contribution >= 4 is 28.3 Å². The van der Waals surface area contributed by atoms with E-state index in [1.165, 1.54) is 0 Å². The number of piperidine rings is 1. The molecule has 4 N–H and O–H groups in total. The van der Waals surface area contributed by atoms with E-state index in [-0.39, 0.29) is 40.9 Å². The van der Waals surface area contributed by atoms with E-state index < -0.39 is 5.23 Å². The average molecular weight is 527 g/mol. The van der Waals surface area contributed by atoms with Gasteiger partial charge >= 0.3 is 0 Å². The number of H-pyrrole nitrogens is 1. The molecule has 0 radical (unpaired) electrons. The van der Waals surface area contributed by atoms with E-state index in [0.29, 0.717) is 32.5 Å². The van der Waals surface area contributed by atoms with Gasteiger partial charge in [-0.05, 0) is 48.6 Å². The average Bonchev–Trinajstić information content (AvgIpc) is 3.35. The number of rotatable bonds is 5. The van der Waals surface area contributed by atoms with Crippen LogP contribution < -0.4 is 21.0 Å². The first-order valence-corrected chi connectivity index (χ1v) is 13.5. The normalized spacial score (nSPS) is 24.0. The summed E-state index contributed by atoms with van der Waals surface area (Å²) in [5.74, 6) is 0.730. The lowest BCUT2D eigenvalue weighted by Crippen LogP contribution is -2.99. The number of quaternary nitrogens is 1. The quantitative estimate of drug-likeness (QED) is 0.293. The number of nitrogens with one attached hydrogen (secondary N) is 3. The summed E-state index contributed by atoms with van der Waals surface area (Å²) in [5.41, 5.74) is 5.02. The standard InChI is InChI=1S/C29H30N6O4/c36-27-7-3-6-24-18-12-19(16-33(24)27)28-21(14-17-13-20(35(38)39)8-9-25(17)34(28)15-18)29(37)30-11-10-26-31-22-4-1-2-5-23(22)32-26/h1-9,13,18-19,21,28,35,38H,10-12,14-16H2,(H,30,37)(H,31,32). The maximum Gasteiger partial charge on any atom is 0.250 e. The molecule has 7 rings (SSSR count). The number of amides is 1. The number of hydrogen-bond acceptors (Lipinski definition) is 6. The summed E-state index contributed by atoms with van der Waals surface area (Å²) in [6.07, 6.45) is 1.97. The van der Waals surface area contributed by atoms with Crippen LogP contribution in [0.15, 0.2) is 65.5 Å². The van der Waals surface area contributed by atoms with Gasteiger partial charge in [-0.2, -0.15) is 5.23 Å². The molecule has 2 aromatic heterocycles. The third-order valence-corrected chi connectivity index (χ3v) is 8.69. The Balaban J connectivity index is 1.18. The summed E-state index contributed by atoms with van der Waals surface area (Å²) >= 11 is 0. The zero-order chi connectivity index (χ0) is 26.7. The minimum Gasteiger partial charge on any atom is -0.595 e. The lowest BCUT2D eigenvalue weighted by atomic mass is 9.70. The van der Waals surface area contributed by atoms with E-state index in [1.54, 1.807) is 18.2 Å². The van der Waals surface area contributed by atoms with Crippen LogP contribution in [0.4, 0.5) is 11.4 Å². The third-order valence-electron chi connectivity index (χ3n) is 8.69. The molecule has 1 saturated heterocycles. The number of para-hydroxylation sites is 2. The van der Waals surface area contributed by atoms with Crippen molar-refractivity contribution in [1.82, 2.24) is 19.9 Å². The van der Waals surface area contributed by atoms with Crippen molar-refractivity contribution in [3.8, 4) is 0 Å². The van der Waals surface area contributed by atoms with Gasteiger partial charge in [-0.1, -0.05) is 18.2 Å². The first kappa shape index (κ1) is 24.1. The molecule has 4 aromatic rings. The Morgan fingerprint density at radius 1 is 1.15 bits per heavy atom. The van der Waals surface area contributed by atoms with Crippen LogP contribution >= 0.6 is 0 Å². The van der Waals surface area contributed by atoms with Crippen molar-refractivity contribution < 1.29 is 15.2 Å². The number of imidazole rings is 1. The fraction of sp³-hybridized carbons (Fsp3) is 0.345. The number of fused-ring (bicyclic) bond motifs is 9. The summed E-state index contributed by atoms with van der Waals surface area (Å²) in [5, 5.41) is 23.5. The Hall–Kier alpha value is -3.99. The number of aromatic amines is 1. The zero-order valence-corrected chi connectivity index (χ0v) is 21.3. The van der Waals surface area contributed by atoms with Gasteiger partial charge < -0.3 is 25.0 Å². The molecule has 3 aliphatic heterocycles. The van der Waals surface area contributed by atoms with Gasteiger partial charge in [0.1, 0.15) is 5.82 Å². The van der Waals surface area contributed by atoms with Gasteiger partial charge in [-0.25, -0.2) is 10.2 Å². The summed E-state index contributed by atoms with van der Waals surface area (Å²) in [6, 6.07) is 18.5. The van der Waals surface area contributed by atoms with Crippen molar-refractivity contribution in [2.75, 3.05) is 18.0 Å². The molecule has 10 heteroatoms. The largest absolute Gasteiger partial charge is 0.595 e. The van der Waals surface area contributed by atoms with Crippen molar-refractivity contribution in [3.63, 3.8) is 0 Å². The Bertz CT molecular complexity index is 1590. The molecule has 10 nitrogen and oxygen atoms in total. The van der Waals surface area contributed by atoms with Crippen molar-refractivity contribution in [2.24, 2.45) is 11.8 Å². The molecule has 1 amide bonds. The summed E-state index contributed by atoms with van der Waals surface area (Å²) in [7, 11) is 0. The lowest BCUT2D eigenvalue weighted by molar-refractivity contribution is -0.991. The van der Waals surface area contributed by atoms with E-state index in [0.717, 1.165) is 40.2 Å². The predicted octanol–water partition coefficient (Wildman–Crippen LogP) is 1.65. The lowest BCUT2D eigenvalue weighted by Gasteiger charge is -2.54. The fourth-order valence-electron chi connectivity index (χ4n) is 7.04. The SMILES string of the molecule is O=C(NCCc1nc2ccccc2[nH]1)C1Cc2cc([NH+]([O-])O)ccc2N2CC3CC(Cn4c3cccc4=O)C12. The molecule has 2 bridgehead atoms. The van der Waals surface area contributed by atoms with E-state index in [1.807, 2.05) is 47.0 Å². The monoisotopic (exact) mass is 526 g/mol. The summed E-state index contributed by atoms with van der Waals surface area (Å²) < 4.78 is 1.88. The number of nitrogens with zero attached hydrogens (tertiary/aromatic N) is 3. The number of carbonyl (C=O) groups excluding carboxylic acids is 1. The van der Waals surface area contributed by atoms with Crippen molar-refractivity contribution in [3.05, 3.63) is 93.3 Å². The second kappa shape index (κ2) is 9.33. The molecule has 0 saturated carbocycles. The molecule has 3 aliphatic rings. The minimum absolute atomic E-state index is 0.00444. The summed E-state index contributed by atoms with van der Waals surface area (Å²) in [6.45, 7) is 1.71. The highest BCUT2D eigenvalue weighted by Gasteiger charge is 2.49. The first-order valence-electron chi connectivity index (χ1n) is 13.5.